The molecule has 1 N–H and O–H groups in total. The lowest BCUT2D eigenvalue weighted by molar-refractivity contribution is -0.137. The van der Waals surface area contributed by atoms with Crippen LogP contribution in [-0.2, 0) is 6.18 Å². The monoisotopic (exact) mass is 306 g/mol. The first-order valence-electron chi connectivity index (χ1n) is 6.70. The summed E-state index contributed by atoms with van der Waals surface area (Å²) < 4.78 is 45.1. The van der Waals surface area contributed by atoms with Gasteiger partial charge in [0, 0.05) is 11.1 Å². The van der Waals surface area contributed by atoms with E-state index in [4.69, 9.17) is 4.74 Å². The molecule has 0 saturated carbocycles. The van der Waals surface area contributed by atoms with Crippen molar-refractivity contribution in [3.8, 4) is 11.5 Å². The van der Waals surface area contributed by atoms with Crippen LogP contribution in [0.3, 0.4) is 0 Å². The van der Waals surface area contributed by atoms with Crippen LogP contribution in [0.1, 0.15) is 23.6 Å². The third-order valence-corrected chi connectivity index (χ3v) is 3.75. The minimum absolute atomic E-state index is 0.0482. The molecular weight excluding hydrogens is 293 g/mol. The van der Waals surface area contributed by atoms with Crippen LogP contribution < -0.4 is 4.74 Å². The van der Waals surface area contributed by atoms with E-state index >= 15 is 0 Å². The summed E-state index contributed by atoms with van der Waals surface area (Å²) in [5, 5.41) is 9.59. The number of hydrogen-bond donors (Lipinski definition) is 1. The molecule has 0 saturated heterocycles. The summed E-state index contributed by atoms with van der Waals surface area (Å²) in [5.41, 5.74) is 1.19. The molecule has 0 unspecified atom stereocenters. The van der Waals surface area contributed by atoms with E-state index in [1.807, 2.05) is 0 Å². The van der Waals surface area contributed by atoms with Gasteiger partial charge in [-0.25, -0.2) is 0 Å². The average molecular weight is 306 g/mol. The number of phenolic OH excluding ortho intramolecular Hbond substituents is 1. The Morgan fingerprint density at radius 1 is 1.05 bits per heavy atom. The number of benzene rings is 2. The number of alkyl halides is 3. The van der Waals surface area contributed by atoms with Crippen LogP contribution in [-0.4, -0.2) is 11.7 Å². The van der Waals surface area contributed by atoms with Gasteiger partial charge in [0.25, 0.3) is 0 Å². The highest BCUT2D eigenvalue weighted by Crippen LogP contribution is 2.42. The zero-order valence-corrected chi connectivity index (χ0v) is 11.7. The second kappa shape index (κ2) is 5.09. The minimum atomic E-state index is -4.43. The molecule has 1 heterocycles. The molecule has 0 atom stereocenters. The van der Waals surface area contributed by atoms with Crippen LogP contribution in [0.15, 0.2) is 42.5 Å². The SMILES string of the molecule is CC1=C(c2ccccc2C(F)(F)F)COc2ccc(O)cc21. The zero-order chi connectivity index (χ0) is 15.9. The second-order valence-corrected chi connectivity index (χ2v) is 5.12. The minimum Gasteiger partial charge on any atom is -0.508 e. The van der Waals surface area contributed by atoms with Gasteiger partial charge in [-0.15, -0.1) is 0 Å². The summed E-state index contributed by atoms with van der Waals surface area (Å²) in [6, 6.07) is 10.0. The summed E-state index contributed by atoms with van der Waals surface area (Å²) in [6.45, 7) is 1.81. The Bertz CT molecular complexity index is 761. The van der Waals surface area contributed by atoms with Crippen molar-refractivity contribution in [3.05, 3.63) is 59.2 Å². The lowest BCUT2D eigenvalue weighted by atomic mass is 9.91. The normalized spacial score (nSPS) is 14.5. The number of rotatable bonds is 1. The van der Waals surface area contributed by atoms with E-state index in [9.17, 15) is 18.3 Å². The summed E-state index contributed by atoms with van der Waals surface area (Å²) in [6.07, 6.45) is -4.43. The lowest BCUT2D eigenvalue weighted by Gasteiger charge is -2.24. The van der Waals surface area contributed by atoms with Gasteiger partial charge in [-0.3, -0.25) is 0 Å². The maximum Gasteiger partial charge on any atom is 0.416 e. The predicted molar refractivity (Wildman–Crippen MR) is 77.5 cm³/mol. The molecule has 0 spiro atoms. The molecule has 22 heavy (non-hydrogen) atoms. The first-order chi connectivity index (χ1) is 10.4. The quantitative estimate of drug-likeness (QED) is 0.825. The van der Waals surface area contributed by atoms with Crippen molar-refractivity contribution in [2.45, 2.75) is 13.1 Å². The fraction of sp³-hybridized carbons (Fsp3) is 0.176. The number of halogens is 3. The molecule has 0 aliphatic carbocycles. The molecule has 0 radical (unpaired) electrons. The molecule has 0 bridgehead atoms. The van der Waals surface area contributed by atoms with Crippen molar-refractivity contribution in [3.63, 3.8) is 0 Å². The average Bonchev–Trinajstić information content (AvgIpc) is 2.47. The highest BCUT2D eigenvalue weighted by atomic mass is 19.4. The predicted octanol–water partition coefficient (Wildman–Crippen LogP) is 4.73. The first kappa shape index (κ1) is 14.5. The zero-order valence-electron chi connectivity index (χ0n) is 11.7. The highest BCUT2D eigenvalue weighted by Gasteiger charge is 2.34. The van der Waals surface area contributed by atoms with Gasteiger partial charge in [0.05, 0.1) is 5.56 Å². The van der Waals surface area contributed by atoms with Crippen molar-refractivity contribution in [2.24, 2.45) is 0 Å². The maximum atomic E-state index is 13.2. The van der Waals surface area contributed by atoms with Crippen molar-refractivity contribution < 1.29 is 23.0 Å². The molecule has 1 aliphatic rings. The molecule has 2 nitrogen and oxygen atoms in total. The van der Waals surface area contributed by atoms with Crippen LogP contribution in [0.2, 0.25) is 0 Å². The van der Waals surface area contributed by atoms with Gasteiger partial charge in [-0.2, -0.15) is 13.2 Å². The van der Waals surface area contributed by atoms with Crippen molar-refractivity contribution >= 4 is 11.1 Å². The first-order valence-corrected chi connectivity index (χ1v) is 6.70. The topological polar surface area (TPSA) is 29.5 Å². The Hall–Kier alpha value is -2.43. The van der Waals surface area contributed by atoms with Crippen LogP contribution in [0, 0.1) is 0 Å². The molecule has 114 valence electrons. The number of allylic oxidation sites excluding steroid dienone is 1. The molecule has 0 aromatic heterocycles. The molecule has 5 heteroatoms. The molecule has 0 fully saturated rings. The molecular formula is C17H13F3O2. The molecule has 3 rings (SSSR count). The van der Waals surface area contributed by atoms with E-state index in [0.717, 1.165) is 6.07 Å². The summed E-state index contributed by atoms with van der Waals surface area (Å²) >= 11 is 0. The second-order valence-electron chi connectivity index (χ2n) is 5.12. The Kier molecular flexibility index (Phi) is 3.35. The van der Waals surface area contributed by atoms with E-state index in [-0.39, 0.29) is 17.9 Å². The number of fused-ring (bicyclic) bond motifs is 1. The van der Waals surface area contributed by atoms with Gasteiger partial charge in [0.1, 0.15) is 18.1 Å². The maximum absolute atomic E-state index is 13.2. The van der Waals surface area contributed by atoms with Gasteiger partial charge in [-0.05, 0) is 42.3 Å². The van der Waals surface area contributed by atoms with Gasteiger partial charge in [-0.1, -0.05) is 18.2 Å². The van der Waals surface area contributed by atoms with E-state index in [1.54, 1.807) is 19.1 Å². The number of aromatic hydroxyl groups is 1. The summed E-state index contributed by atoms with van der Waals surface area (Å²) in [5.74, 6) is 0.607. The van der Waals surface area contributed by atoms with Crippen molar-refractivity contribution in [1.82, 2.24) is 0 Å². The Morgan fingerprint density at radius 2 is 1.77 bits per heavy atom. The fourth-order valence-electron chi connectivity index (χ4n) is 2.63. The van der Waals surface area contributed by atoms with E-state index in [1.165, 1.54) is 24.3 Å². The van der Waals surface area contributed by atoms with Crippen LogP contribution in [0.5, 0.6) is 11.5 Å². The third-order valence-electron chi connectivity index (χ3n) is 3.75. The van der Waals surface area contributed by atoms with E-state index in [2.05, 4.69) is 0 Å². The molecule has 1 aliphatic heterocycles. The van der Waals surface area contributed by atoms with Gasteiger partial charge >= 0.3 is 6.18 Å². The molecule has 0 amide bonds. The third kappa shape index (κ3) is 2.43. The van der Waals surface area contributed by atoms with Crippen LogP contribution >= 0.6 is 0 Å². The molecule has 2 aromatic carbocycles. The van der Waals surface area contributed by atoms with E-state index < -0.39 is 11.7 Å². The lowest BCUT2D eigenvalue weighted by Crippen LogP contribution is -2.14. The summed E-state index contributed by atoms with van der Waals surface area (Å²) in [4.78, 5) is 0. The van der Waals surface area contributed by atoms with Gasteiger partial charge in [0.15, 0.2) is 0 Å². The van der Waals surface area contributed by atoms with Gasteiger partial charge in [0.2, 0.25) is 0 Å². The van der Waals surface area contributed by atoms with Crippen molar-refractivity contribution in [2.75, 3.05) is 6.61 Å². The smallest absolute Gasteiger partial charge is 0.416 e. The summed E-state index contributed by atoms with van der Waals surface area (Å²) in [7, 11) is 0. The number of hydrogen-bond acceptors (Lipinski definition) is 2. The Labute approximate surface area is 125 Å². The largest absolute Gasteiger partial charge is 0.508 e. The Balaban J connectivity index is 2.20. The van der Waals surface area contributed by atoms with E-state index in [0.29, 0.717) is 22.5 Å². The van der Waals surface area contributed by atoms with Crippen LogP contribution in [0.25, 0.3) is 11.1 Å². The standard InChI is InChI=1S/C17H13F3O2/c1-10-13-8-11(21)6-7-16(13)22-9-14(10)12-4-2-3-5-15(12)17(18,19)20/h2-8,21H,9H2,1H3. The number of ether oxygens (including phenoxy) is 1. The van der Waals surface area contributed by atoms with Gasteiger partial charge < -0.3 is 9.84 Å². The van der Waals surface area contributed by atoms with Crippen molar-refractivity contribution in [1.29, 1.82) is 0 Å². The Morgan fingerprint density at radius 3 is 2.50 bits per heavy atom. The molecule has 2 aromatic rings. The fourth-order valence-corrected chi connectivity index (χ4v) is 2.63. The highest BCUT2D eigenvalue weighted by molar-refractivity contribution is 5.94. The van der Waals surface area contributed by atoms with Crippen LogP contribution in [0.4, 0.5) is 13.2 Å². The number of phenols is 1.